The van der Waals surface area contributed by atoms with Crippen molar-refractivity contribution < 1.29 is 9.84 Å². The van der Waals surface area contributed by atoms with Gasteiger partial charge in [-0.15, -0.1) is 11.8 Å². The Kier molecular flexibility index (Phi) is 5.44. The van der Waals surface area contributed by atoms with Crippen LogP contribution in [0.1, 0.15) is 24.2 Å². The molecule has 0 saturated heterocycles. The third kappa shape index (κ3) is 3.99. The summed E-state index contributed by atoms with van der Waals surface area (Å²) in [6.45, 7) is 4.60. The number of nitrogens with zero attached hydrogens (tertiary/aromatic N) is 1. The molecule has 0 spiro atoms. The van der Waals surface area contributed by atoms with Gasteiger partial charge in [0.15, 0.2) is 0 Å². The lowest BCUT2D eigenvalue weighted by Crippen LogP contribution is -2.02. The summed E-state index contributed by atoms with van der Waals surface area (Å²) in [5, 5.41) is 10.2. The minimum atomic E-state index is -0.549. The lowest BCUT2D eigenvalue weighted by atomic mass is 10.2. The molecule has 1 aromatic heterocycles. The fraction of sp³-hybridized carbons (Fsp3) is 0.312. The second-order valence-electron chi connectivity index (χ2n) is 4.48. The maximum atomic E-state index is 10.2. The Labute approximate surface area is 124 Å². The zero-order chi connectivity index (χ0) is 14.4. The fourth-order valence-electron chi connectivity index (χ4n) is 1.85. The first-order chi connectivity index (χ1) is 9.70. The third-order valence-corrected chi connectivity index (χ3v) is 4.17. The summed E-state index contributed by atoms with van der Waals surface area (Å²) in [5.41, 5.74) is 2.02. The second kappa shape index (κ2) is 7.31. The summed E-state index contributed by atoms with van der Waals surface area (Å²) in [6.07, 6.45) is 2.80. The van der Waals surface area contributed by atoms with Gasteiger partial charge in [0.2, 0.25) is 0 Å². The van der Waals surface area contributed by atoms with Crippen LogP contribution in [-0.4, -0.2) is 22.5 Å². The van der Waals surface area contributed by atoms with Gasteiger partial charge in [-0.3, -0.25) is 4.98 Å². The first-order valence-corrected chi connectivity index (χ1v) is 7.63. The molecule has 1 heterocycles. The highest BCUT2D eigenvalue weighted by Gasteiger charge is 2.10. The number of hydrogen-bond acceptors (Lipinski definition) is 4. The molecule has 1 aromatic carbocycles. The van der Waals surface area contributed by atoms with E-state index < -0.39 is 6.10 Å². The molecule has 4 heteroatoms. The van der Waals surface area contributed by atoms with E-state index >= 15 is 0 Å². The van der Waals surface area contributed by atoms with Crippen molar-refractivity contribution in [1.29, 1.82) is 0 Å². The van der Waals surface area contributed by atoms with Crippen LogP contribution in [-0.2, 0) is 0 Å². The quantitative estimate of drug-likeness (QED) is 0.825. The number of aryl methyl sites for hydroxylation is 1. The summed E-state index contributed by atoms with van der Waals surface area (Å²) in [4.78, 5) is 5.30. The van der Waals surface area contributed by atoms with E-state index in [9.17, 15) is 5.11 Å². The van der Waals surface area contributed by atoms with Crippen molar-refractivity contribution >= 4 is 11.8 Å². The van der Waals surface area contributed by atoms with Gasteiger partial charge < -0.3 is 9.84 Å². The number of rotatable bonds is 6. The van der Waals surface area contributed by atoms with Crippen molar-refractivity contribution in [1.82, 2.24) is 4.98 Å². The van der Waals surface area contributed by atoms with Crippen LogP contribution in [0.5, 0.6) is 5.75 Å². The second-order valence-corrected chi connectivity index (χ2v) is 5.54. The van der Waals surface area contributed by atoms with E-state index in [1.165, 1.54) is 10.5 Å². The number of benzene rings is 1. The maximum Gasteiger partial charge on any atom is 0.137 e. The molecular formula is C16H19NO2S. The average molecular weight is 289 g/mol. The topological polar surface area (TPSA) is 42.4 Å². The molecule has 3 nitrogen and oxygen atoms in total. The molecule has 0 aliphatic carbocycles. The zero-order valence-electron chi connectivity index (χ0n) is 11.7. The SMILES string of the molecule is CCOc1cncc(C(O)CSc2ccccc2C)c1. The number of ether oxygens (including phenoxy) is 1. The largest absolute Gasteiger partial charge is 0.492 e. The minimum Gasteiger partial charge on any atom is -0.492 e. The number of aliphatic hydroxyl groups is 1. The van der Waals surface area contributed by atoms with Gasteiger partial charge in [-0.25, -0.2) is 0 Å². The first-order valence-electron chi connectivity index (χ1n) is 6.65. The summed E-state index contributed by atoms with van der Waals surface area (Å²) in [5.74, 6) is 1.30. The summed E-state index contributed by atoms with van der Waals surface area (Å²) < 4.78 is 5.40. The number of pyridine rings is 1. The van der Waals surface area contributed by atoms with E-state index in [1.807, 2.05) is 25.1 Å². The fourth-order valence-corrected chi connectivity index (χ4v) is 2.85. The summed E-state index contributed by atoms with van der Waals surface area (Å²) in [7, 11) is 0. The van der Waals surface area contributed by atoms with Crippen molar-refractivity contribution in [2.45, 2.75) is 24.8 Å². The Morgan fingerprint density at radius 3 is 2.85 bits per heavy atom. The van der Waals surface area contributed by atoms with Gasteiger partial charge in [-0.1, -0.05) is 18.2 Å². The van der Waals surface area contributed by atoms with E-state index in [-0.39, 0.29) is 0 Å². The number of thioether (sulfide) groups is 1. The predicted molar refractivity (Wildman–Crippen MR) is 82.3 cm³/mol. The van der Waals surface area contributed by atoms with Gasteiger partial charge in [0.1, 0.15) is 5.75 Å². The van der Waals surface area contributed by atoms with Crippen LogP contribution >= 0.6 is 11.8 Å². The molecule has 1 atom stereocenters. The van der Waals surface area contributed by atoms with Crippen molar-refractivity contribution in [3.8, 4) is 5.75 Å². The smallest absolute Gasteiger partial charge is 0.137 e. The predicted octanol–water partition coefficient (Wildman–Crippen LogP) is 3.61. The minimum absolute atomic E-state index is 0.549. The van der Waals surface area contributed by atoms with Crippen molar-refractivity contribution in [3.63, 3.8) is 0 Å². The van der Waals surface area contributed by atoms with E-state index in [1.54, 1.807) is 24.2 Å². The molecular weight excluding hydrogens is 270 g/mol. The van der Waals surface area contributed by atoms with Crippen LogP contribution in [0.3, 0.4) is 0 Å². The molecule has 0 aliphatic rings. The van der Waals surface area contributed by atoms with Crippen LogP contribution < -0.4 is 4.74 Å². The maximum absolute atomic E-state index is 10.2. The molecule has 106 valence electrons. The van der Waals surface area contributed by atoms with Crippen LogP contribution in [0.25, 0.3) is 0 Å². The molecule has 0 radical (unpaired) electrons. The van der Waals surface area contributed by atoms with E-state index in [2.05, 4.69) is 24.0 Å². The Morgan fingerprint density at radius 2 is 2.10 bits per heavy atom. The molecule has 1 unspecified atom stereocenters. The Bertz CT molecular complexity index is 560. The lowest BCUT2D eigenvalue weighted by molar-refractivity contribution is 0.203. The molecule has 0 fully saturated rings. The van der Waals surface area contributed by atoms with Gasteiger partial charge in [0, 0.05) is 22.4 Å². The Hall–Kier alpha value is -1.52. The average Bonchev–Trinajstić information content (AvgIpc) is 2.47. The summed E-state index contributed by atoms with van der Waals surface area (Å²) >= 11 is 1.65. The molecule has 20 heavy (non-hydrogen) atoms. The van der Waals surface area contributed by atoms with Crippen LogP contribution in [0.2, 0.25) is 0 Å². The van der Waals surface area contributed by atoms with Crippen molar-refractivity contribution in [3.05, 3.63) is 53.9 Å². The normalized spacial score (nSPS) is 12.2. The lowest BCUT2D eigenvalue weighted by Gasteiger charge is -2.12. The van der Waals surface area contributed by atoms with Gasteiger partial charge >= 0.3 is 0 Å². The van der Waals surface area contributed by atoms with Crippen LogP contribution in [0.15, 0.2) is 47.6 Å². The molecule has 0 saturated carbocycles. The van der Waals surface area contributed by atoms with Gasteiger partial charge in [0.05, 0.1) is 18.9 Å². The van der Waals surface area contributed by atoms with Gasteiger partial charge in [-0.2, -0.15) is 0 Å². The Balaban J connectivity index is 1.99. The molecule has 0 bridgehead atoms. The van der Waals surface area contributed by atoms with E-state index in [0.29, 0.717) is 18.1 Å². The van der Waals surface area contributed by atoms with E-state index in [0.717, 1.165) is 5.56 Å². The van der Waals surface area contributed by atoms with Crippen LogP contribution in [0.4, 0.5) is 0 Å². The van der Waals surface area contributed by atoms with E-state index in [4.69, 9.17) is 4.74 Å². The highest BCUT2D eigenvalue weighted by Crippen LogP contribution is 2.27. The standard InChI is InChI=1S/C16H19NO2S/c1-3-19-14-8-13(9-17-10-14)15(18)11-20-16-7-5-4-6-12(16)2/h4-10,15,18H,3,11H2,1-2H3. The monoisotopic (exact) mass is 289 g/mol. The van der Waals surface area contributed by atoms with Gasteiger partial charge in [0.25, 0.3) is 0 Å². The molecule has 0 aliphatic heterocycles. The number of aliphatic hydroxyl groups excluding tert-OH is 1. The van der Waals surface area contributed by atoms with Crippen molar-refractivity contribution in [2.75, 3.05) is 12.4 Å². The number of hydrogen-bond donors (Lipinski definition) is 1. The zero-order valence-corrected chi connectivity index (χ0v) is 12.6. The summed E-state index contributed by atoms with van der Waals surface area (Å²) in [6, 6.07) is 10.0. The van der Waals surface area contributed by atoms with Crippen molar-refractivity contribution in [2.24, 2.45) is 0 Å². The Morgan fingerprint density at radius 1 is 1.30 bits per heavy atom. The molecule has 2 aromatic rings. The molecule has 0 amide bonds. The molecule has 1 N–H and O–H groups in total. The van der Waals surface area contributed by atoms with Crippen LogP contribution in [0, 0.1) is 6.92 Å². The highest BCUT2D eigenvalue weighted by atomic mass is 32.2. The first kappa shape index (κ1) is 14.9. The third-order valence-electron chi connectivity index (χ3n) is 2.92. The highest BCUT2D eigenvalue weighted by molar-refractivity contribution is 7.99. The molecule has 2 rings (SSSR count). The number of aromatic nitrogens is 1. The van der Waals surface area contributed by atoms with Gasteiger partial charge in [-0.05, 0) is 31.5 Å².